The summed E-state index contributed by atoms with van der Waals surface area (Å²) in [6, 6.07) is 5.47. The highest BCUT2D eigenvalue weighted by Crippen LogP contribution is 2.44. The zero-order valence-corrected chi connectivity index (χ0v) is 18.2. The molecule has 0 saturated carbocycles. The Hall–Kier alpha value is -2.96. The average Bonchev–Trinajstić information content (AvgIpc) is 3.04. The van der Waals surface area contributed by atoms with E-state index >= 15 is 0 Å². The van der Waals surface area contributed by atoms with Crippen LogP contribution in [0.1, 0.15) is 53.4 Å². The molecule has 1 atom stereocenters. The van der Waals surface area contributed by atoms with E-state index in [1.807, 2.05) is 49.1 Å². The lowest BCUT2D eigenvalue weighted by Crippen LogP contribution is -2.48. The van der Waals surface area contributed by atoms with Crippen molar-refractivity contribution in [3.05, 3.63) is 46.8 Å². The first-order valence-corrected chi connectivity index (χ1v) is 10.5. The van der Waals surface area contributed by atoms with Crippen molar-refractivity contribution < 1.29 is 9.59 Å². The van der Waals surface area contributed by atoms with Gasteiger partial charge in [0.1, 0.15) is 0 Å². The second-order valence-corrected chi connectivity index (χ2v) is 8.76. The Labute approximate surface area is 177 Å². The molecule has 1 unspecified atom stereocenters. The number of nitrogens with zero attached hydrogens (tertiary/aromatic N) is 4. The first kappa shape index (κ1) is 20.3. The van der Waals surface area contributed by atoms with E-state index in [4.69, 9.17) is 4.98 Å². The van der Waals surface area contributed by atoms with Crippen LogP contribution in [0.4, 0.5) is 11.6 Å². The van der Waals surface area contributed by atoms with Crippen LogP contribution in [0.5, 0.6) is 0 Å². The Morgan fingerprint density at radius 2 is 2.03 bits per heavy atom. The van der Waals surface area contributed by atoms with Crippen LogP contribution in [0.25, 0.3) is 0 Å². The molecule has 2 aliphatic rings. The number of rotatable bonds is 3. The SMILES string of the molecule is CC(=O)Nc1ccc(C(=O)N2CCCC3(CCc4cnc(N(C)C)nc43)C2)c(C)c1. The molecule has 1 aliphatic heterocycles. The molecule has 1 aromatic carbocycles. The number of amides is 2. The topological polar surface area (TPSA) is 78.4 Å². The van der Waals surface area contributed by atoms with Crippen molar-refractivity contribution in [3.63, 3.8) is 0 Å². The van der Waals surface area contributed by atoms with Crippen molar-refractivity contribution >= 4 is 23.5 Å². The van der Waals surface area contributed by atoms with Crippen LogP contribution >= 0.6 is 0 Å². The molecule has 158 valence electrons. The standard InChI is InChI=1S/C23H29N5O2/c1-15-12-18(25-16(2)29)6-7-19(15)21(30)28-11-5-9-23(14-28)10-8-17-13-24-22(27(3)4)26-20(17)23/h6-7,12-13H,5,8-11,14H2,1-4H3,(H,25,29). The minimum atomic E-state index is -0.120. The third kappa shape index (κ3) is 3.64. The molecular formula is C23H29N5O2. The molecule has 1 fully saturated rings. The van der Waals surface area contributed by atoms with Crippen LogP contribution in [-0.2, 0) is 16.6 Å². The molecule has 2 heterocycles. The summed E-state index contributed by atoms with van der Waals surface area (Å²) < 4.78 is 0. The number of hydrogen-bond acceptors (Lipinski definition) is 5. The fourth-order valence-electron chi connectivity index (χ4n) is 4.80. The van der Waals surface area contributed by atoms with Crippen molar-refractivity contribution in [2.75, 3.05) is 37.4 Å². The van der Waals surface area contributed by atoms with Gasteiger partial charge in [-0.2, -0.15) is 0 Å². The summed E-state index contributed by atoms with van der Waals surface area (Å²) in [5.74, 6) is 0.657. The third-order valence-corrected chi connectivity index (χ3v) is 6.27. The molecule has 2 aromatic rings. The van der Waals surface area contributed by atoms with Crippen molar-refractivity contribution in [1.82, 2.24) is 14.9 Å². The Morgan fingerprint density at radius 1 is 1.23 bits per heavy atom. The minimum absolute atomic E-state index is 0.0521. The molecule has 0 bridgehead atoms. The molecule has 0 radical (unpaired) electrons. The lowest BCUT2D eigenvalue weighted by atomic mass is 9.77. The summed E-state index contributed by atoms with van der Waals surface area (Å²) in [6.07, 6.45) is 5.95. The van der Waals surface area contributed by atoms with Crippen LogP contribution in [0.2, 0.25) is 0 Å². The maximum absolute atomic E-state index is 13.4. The second kappa shape index (κ2) is 7.70. The number of anilines is 2. The zero-order valence-electron chi connectivity index (χ0n) is 18.2. The fourth-order valence-corrected chi connectivity index (χ4v) is 4.80. The van der Waals surface area contributed by atoms with Gasteiger partial charge in [-0.15, -0.1) is 0 Å². The number of hydrogen-bond donors (Lipinski definition) is 1. The van der Waals surface area contributed by atoms with Crippen LogP contribution in [0.15, 0.2) is 24.4 Å². The number of fused-ring (bicyclic) bond motifs is 2. The van der Waals surface area contributed by atoms with Gasteiger partial charge in [0, 0.05) is 57.0 Å². The number of benzene rings is 1. The Kier molecular flexibility index (Phi) is 5.22. The lowest BCUT2D eigenvalue weighted by Gasteiger charge is -2.40. The monoisotopic (exact) mass is 407 g/mol. The van der Waals surface area contributed by atoms with Gasteiger partial charge < -0.3 is 15.1 Å². The van der Waals surface area contributed by atoms with Crippen molar-refractivity contribution in [2.24, 2.45) is 0 Å². The molecule has 4 rings (SSSR count). The maximum Gasteiger partial charge on any atom is 0.254 e. The summed E-state index contributed by atoms with van der Waals surface area (Å²) in [4.78, 5) is 38.0. The Morgan fingerprint density at radius 3 is 2.73 bits per heavy atom. The van der Waals surface area contributed by atoms with E-state index in [1.165, 1.54) is 12.5 Å². The minimum Gasteiger partial charge on any atom is -0.347 e. The largest absolute Gasteiger partial charge is 0.347 e. The number of aryl methyl sites for hydroxylation is 2. The van der Waals surface area contributed by atoms with Gasteiger partial charge in [-0.25, -0.2) is 9.97 Å². The number of carbonyl (C=O) groups excluding carboxylic acids is 2. The van der Waals surface area contributed by atoms with Gasteiger partial charge in [-0.3, -0.25) is 9.59 Å². The second-order valence-electron chi connectivity index (χ2n) is 8.76. The Balaban J connectivity index is 1.59. The Bertz CT molecular complexity index is 999. The summed E-state index contributed by atoms with van der Waals surface area (Å²) in [5.41, 5.74) is 4.53. The maximum atomic E-state index is 13.4. The van der Waals surface area contributed by atoms with Crippen LogP contribution < -0.4 is 10.2 Å². The number of carbonyl (C=O) groups is 2. The zero-order chi connectivity index (χ0) is 21.5. The molecular weight excluding hydrogens is 378 g/mol. The highest BCUT2D eigenvalue weighted by molar-refractivity contribution is 5.97. The smallest absolute Gasteiger partial charge is 0.254 e. The van der Waals surface area contributed by atoms with E-state index in [2.05, 4.69) is 10.3 Å². The van der Waals surface area contributed by atoms with Crippen molar-refractivity contribution in [2.45, 2.75) is 44.9 Å². The average molecular weight is 408 g/mol. The van der Waals surface area contributed by atoms with E-state index in [-0.39, 0.29) is 17.2 Å². The molecule has 1 saturated heterocycles. The number of likely N-dealkylation sites (tertiary alicyclic amines) is 1. The first-order chi connectivity index (χ1) is 14.3. The van der Waals surface area contributed by atoms with E-state index in [1.54, 1.807) is 6.07 Å². The third-order valence-electron chi connectivity index (χ3n) is 6.27. The van der Waals surface area contributed by atoms with Gasteiger partial charge >= 0.3 is 0 Å². The number of aromatic nitrogens is 2. The normalized spacial score (nSPS) is 20.2. The lowest BCUT2D eigenvalue weighted by molar-refractivity contribution is -0.114. The molecule has 1 spiro atoms. The van der Waals surface area contributed by atoms with E-state index in [0.717, 1.165) is 49.4 Å². The van der Waals surface area contributed by atoms with Gasteiger partial charge in [0.15, 0.2) is 0 Å². The predicted molar refractivity (Wildman–Crippen MR) is 117 cm³/mol. The summed E-state index contributed by atoms with van der Waals surface area (Å²) in [5, 5.41) is 2.77. The van der Waals surface area contributed by atoms with E-state index in [9.17, 15) is 9.59 Å². The van der Waals surface area contributed by atoms with Crippen molar-refractivity contribution in [3.8, 4) is 0 Å². The van der Waals surface area contributed by atoms with E-state index < -0.39 is 0 Å². The highest BCUT2D eigenvalue weighted by Gasteiger charge is 2.45. The molecule has 1 N–H and O–H groups in total. The molecule has 1 aromatic heterocycles. The summed E-state index contributed by atoms with van der Waals surface area (Å²) >= 11 is 0. The van der Waals surface area contributed by atoms with Gasteiger partial charge in [-0.05, 0) is 61.9 Å². The van der Waals surface area contributed by atoms with Gasteiger partial charge in [-0.1, -0.05) is 0 Å². The quantitative estimate of drug-likeness (QED) is 0.846. The van der Waals surface area contributed by atoms with Crippen LogP contribution in [0.3, 0.4) is 0 Å². The summed E-state index contributed by atoms with van der Waals surface area (Å²) in [6.45, 7) is 4.84. The van der Waals surface area contributed by atoms with Crippen LogP contribution in [0, 0.1) is 6.92 Å². The molecule has 1 aliphatic carbocycles. The number of piperidine rings is 1. The molecule has 30 heavy (non-hydrogen) atoms. The van der Waals surface area contributed by atoms with E-state index in [0.29, 0.717) is 17.8 Å². The highest BCUT2D eigenvalue weighted by atomic mass is 16.2. The molecule has 7 heteroatoms. The van der Waals surface area contributed by atoms with Gasteiger partial charge in [0.05, 0.1) is 5.69 Å². The molecule has 2 amide bonds. The van der Waals surface area contributed by atoms with Gasteiger partial charge in [0.25, 0.3) is 5.91 Å². The fraction of sp³-hybridized carbons (Fsp3) is 0.478. The summed E-state index contributed by atoms with van der Waals surface area (Å²) in [7, 11) is 3.90. The predicted octanol–water partition coefficient (Wildman–Crippen LogP) is 2.93. The first-order valence-electron chi connectivity index (χ1n) is 10.5. The van der Waals surface area contributed by atoms with Crippen molar-refractivity contribution in [1.29, 1.82) is 0 Å². The number of nitrogens with one attached hydrogen (secondary N) is 1. The van der Waals surface area contributed by atoms with Gasteiger partial charge in [0.2, 0.25) is 11.9 Å². The molecule has 7 nitrogen and oxygen atoms in total. The van der Waals surface area contributed by atoms with Crippen LogP contribution in [-0.4, -0.2) is 53.9 Å².